The van der Waals surface area contributed by atoms with E-state index in [9.17, 15) is 4.79 Å². The summed E-state index contributed by atoms with van der Waals surface area (Å²) >= 11 is 0. The summed E-state index contributed by atoms with van der Waals surface area (Å²) in [7, 11) is 0. The molecule has 0 saturated heterocycles. The molecule has 0 aliphatic rings. The summed E-state index contributed by atoms with van der Waals surface area (Å²) < 4.78 is 0. The van der Waals surface area contributed by atoms with E-state index in [1.807, 2.05) is 13.8 Å². The van der Waals surface area contributed by atoms with Crippen LogP contribution in [-0.4, -0.2) is 12.3 Å². The summed E-state index contributed by atoms with van der Waals surface area (Å²) in [6.45, 7) is 8.01. The van der Waals surface area contributed by atoms with Crippen molar-refractivity contribution in [2.45, 2.75) is 27.7 Å². The van der Waals surface area contributed by atoms with E-state index in [0.717, 1.165) is 12.2 Å². The normalized spacial score (nSPS) is 13.7. The summed E-state index contributed by atoms with van der Waals surface area (Å²) in [5.74, 6) is 0.0484. The van der Waals surface area contributed by atoms with Gasteiger partial charge in [-0.1, -0.05) is 0 Å². The largest absolute Gasteiger partial charge is 0.397 e. The molecule has 0 heterocycles. The Kier molecular flexibility index (Phi) is 4.89. The molecule has 0 bridgehead atoms. The predicted octanol–water partition coefficient (Wildman–Crippen LogP) is 1.32. The average molecular weight is 182 g/mol. The van der Waals surface area contributed by atoms with Crippen molar-refractivity contribution < 1.29 is 4.79 Å². The van der Waals surface area contributed by atoms with Gasteiger partial charge >= 0.3 is 0 Å². The average Bonchev–Trinajstić information content (AvgIpc) is 2.04. The minimum atomic E-state index is 0.0484. The minimum absolute atomic E-state index is 0.0484. The first kappa shape index (κ1) is 11.8. The second-order valence-electron chi connectivity index (χ2n) is 2.99. The zero-order chi connectivity index (χ0) is 10.4. The zero-order valence-corrected chi connectivity index (χ0v) is 8.77. The van der Waals surface area contributed by atoms with E-state index in [0.29, 0.717) is 11.3 Å². The maximum absolute atomic E-state index is 10.9. The van der Waals surface area contributed by atoms with Gasteiger partial charge in [-0.05, 0) is 39.3 Å². The quantitative estimate of drug-likeness (QED) is 0.509. The van der Waals surface area contributed by atoms with Gasteiger partial charge < -0.3 is 11.1 Å². The predicted molar refractivity (Wildman–Crippen MR) is 55.0 cm³/mol. The van der Waals surface area contributed by atoms with E-state index in [-0.39, 0.29) is 5.78 Å². The lowest BCUT2D eigenvalue weighted by molar-refractivity contribution is -0.113. The highest BCUT2D eigenvalue weighted by molar-refractivity contribution is 5.93. The first-order valence-electron chi connectivity index (χ1n) is 4.38. The molecule has 0 aliphatic carbocycles. The number of hydrogen-bond donors (Lipinski definition) is 2. The van der Waals surface area contributed by atoms with Crippen LogP contribution in [0.3, 0.4) is 0 Å². The van der Waals surface area contributed by atoms with Crippen LogP contribution in [-0.2, 0) is 4.79 Å². The highest BCUT2D eigenvalue weighted by Gasteiger charge is 1.98. The number of nitrogens with two attached hydrogens (primary N) is 1. The van der Waals surface area contributed by atoms with Crippen LogP contribution in [0.4, 0.5) is 0 Å². The molecule has 74 valence electrons. The maximum Gasteiger partial charge on any atom is 0.155 e. The molecule has 0 rings (SSSR count). The van der Waals surface area contributed by atoms with E-state index in [1.165, 1.54) is 6.92 Å². The zero-order valence-electron chi connectivity index (χ0n) is 8.77. The SMILES string of the molecule is CCN/C(C)=C(N)/C=C(\C)C(C)=O. The molecule has 13 heavy (non-hydrogen) atoms. The van der Waals surface area contributed by atoms with E-state index >= 15 is 0 Å². The number of carbonyl (C=O) groups excluding carboxylic acids is 1. The Morgan fingerprint density at radius 3 is 2.31 bits per heavy atom. The van der Waals surface area contributed by atoms with Crippen molar-refractivity contribution in [1.82, 2.24) is 5.32 Å². The molecule has 0 aromatic rings. The van der Waals surface area contributed by atoms with E-state index in [1.54, 1.807) is 13.0 Å². The van der Waals surface area contributed by atoms with Crippen molar-refractivity contribution >= 4 is 5.78 Å². The molecule has 3 N–H and O–H groups in total. The Morgan fingerprint density at radius 2 is 1.92 bits per heavy atom. The van der Waals surface area contributed by atoms with Gasteiger partial charge in [-0.2, -0.15) is 0 Å². The van der Waals surface area contributed by atoms with Crippen LogP contribution >= 0.6 is 0 Å². The standard InChI is InChI=1S/C10H18N2O/c1-5-12-8(3)10(11)6-7(2)9(4)13/h6,12H,5,11H2,1-4H3/b7-6+,10-8-. The Labute approximate surface area is 79.7 Å². The monoisotopic (exact) mass is 182 g/mol. The van der Waals surface area contributed by atoms with Gasteiger partial charge in [0, 0.05) is 12.2 Å². The van der Waals surface area contributed by atoms with Crippen LogP contribution in [0.5, 0.6) is 0 Å². The third-order valence-electron chi connectivity index (χ3n) is 1.80. The van der Waals surface area contributed by atoms with Crippen LogP contribution in [0.1, 0.15) is 27.7 Å². The van der Waals surface area contributed by atoms with Crippen molar-refractivity contribution in [2.24, 2.45) is 5.73 Å². The number of ketones is 1. The van der Waals surface area contributed by atoms with E-state index < -0.39 is 0 Å². The van der Waals surface area contributed by atoms with Gasteiger partial charge in [0.05, 0.1) is 5.70 Å². The number of Topliss-reactive ketones (excluding diaryl/α,β-unsaturated/α-hetero) is 1. The first-order chi connectivity index (χ1) is 5.99. The fraction of sp³-hybridized carbons (Fsp3) is 0.500. The van der Waals surface area contributed by atoms with Gasteiger partial charge in [-0.25, -0.2) is 0 Å². The lowest BCUT2D eigenvalue weighted by atomic mass is 10.1. The van der Waals surface area contributed by atoms with Crippen LogP contribution < -0.4 is 11.1 Å². The van der Waals surface area contributed by atoms with Gasteiger partial charge in [0.15, 0.2) is 5.78 Å². The first-order valence-corrected chi connectivity index (χ1v) is 4.38. The topological polar surface area (TPSA) is 55.1 Å². The third-order valence-corrected chi connectivity index (χ3v) is 1.80. The molecule has 0 atom stereocenters. The molecule has 0 aliphatic heterocycles. The Balaban J connectivity index is 4.60. The van der Waals surface area contributed by atoms with Gasteiger partial charge in [0.1, 0.15) is 0 Å². The number of nitrogens with one attached hydrogen (secondary N) is 1. The molecule has 0 saturated carbocycles. The van der Waals surface area contributed by atoms with Gasteiger partial charge in [0.2, 0.25) is 0 Å². The molecule has 0 amide bonds. The fourth-order valence-electron chi connectivity index (χ4n) is 0.810. The molecule has 3 heteroatoms. The third kappa shape index (κ3) is 4.35. The molecule has 3 nitrogen and oxygen atoms in total. The molecular formula is C10H18N2O. The van der Waals surface area contributed by atoms with E-state index in [2.05, 4.69) is 5.32 Å². The second-order valence-corrected chi connectivity index (χ2v) is 2.99. The molecule has 0 unspecified atom stereocenters. The van der Waals surface area contributed by atoms with Crippen molar-refractivity contribution in [3.8, 4) is 0 Å². The molecule has 0 spiro atoms. The van der Waals surface area contributed by atoms with Crippen LogP contribution in [0.2, 0.25) is 0 Å². The Morgan fingerprint density at radius 1 is 1.38 bits per heavy atom. The van der Waals surface area contributed by atoms with Gasteiger partial charge in [0.25, 0.3) is 0 Å². The lowest BCUT2D eigenvalue weighted by Crippen LogP contribution is -2.15. The number of rotatable bonds is 4. The summed E-state index contributed by atoms with van der Waals surface area (Å²) in [6, 6.07) is 0. The second kappa shape index (κ2) is 5.41. The van der Waals surface area contributed by atoms with Gasteiger partial charge in [-0.3, -0.25) is 4.79 Å². The fourth-order valence-corrected chi connectivity index (χ4v) is 0.810. The highest BCUT2D eigenvalue weighted by atomic mass is 16.1. The smallest absolute Gasteiger partial charge is 0.155 e. The summed E-state index contributed by atoms with van der Waals surface area (Å²) in [5.41, 5.74) is 7.93. The molecule has 0 aromatic heterocycles. The Hall–Kier alpha value is -1.25. The minimum Gasteiger partial charge on any atom is -0.397 e. The Bertz CT molecular complexity index is 252. The van der Waals surface area contributed by atoms with Crippen molar-refractivity contribution in [1.29, 1.82) is 0 Å². The number of hydrogen-bond acceptors (Lipinski definition) is 3. The number of allylic oxidation sites excluding steroid dienone is 3. The number of carbonyl (C=O) groups is 1. The van der Waals surface area contributed by atoms with Crippen molar-refractivity contribution in [2.75, 3.05) is 6.54 Å². The molecule has 0 aromatic carbocycles. The van der Waals surface area contributed by atoms with Crippen LogP contribution in [0.25, 0.3) is 0 Å². The van der Waals surface area contributed by atoms with Crippen LogP contribution in [0.15, 0.2) is 23.0 Å². The molecule has 0 fully saturated rings. The van der Waals surface area contributed by atoms with Crippen molar-refractivity contribution in [3.05, 3.63) is 23.0 Å². The summed E-state index contributed by atoms with van der Waals surface area (Å²) in [6.07, 6.45) is 1.69. The lowest BCUT2D eigenvalue weighted by Gasteiger charge is -2.05. The molecule has 0 radical (unpaired) electrons. The van der Waals surface area contributed by atoms with Crippen LogP contribution in [0, 0.1) is 0 Å². The summed E-state index contributed by atoms with van der Waals surface area (Å²) in [4.78, 5) is 10.9. The van der Waals surface area contributed by atoms with E-state index in [4.69, 9.17) is 5.73 Å². The molecular weight excluding hydrogens is 164 g/mol. The highest BCUT2D eigenvalue weighted by Crippen LogP contribution is 2.01. The summed E-state index contributed by atoms with van der Waals surface area (Å²) in [5, 5.41) is 3.09. The van der Waals surface area contributed by atoms with Crippen molar-refractivity contribution in [3.63, 3.8) is 0 Å². The van der Waals surface area contributed by atoms with Gasteiger partial charge in [-0.15, -0.1) is 0 Å². The maximum atomic E-state index is 10.9.